The molecule has 2 aromatic carbocycles. The van der Waals surface area contributed by atoms with E-state index in [0.29, 0.717) is 30.2 Å². The van der Waals surface area contributed by atoms with Crippen LogP contribution in [0.2, 0.25) is 0 Å². The Kier molecular flexibility index (Phi) is 7.48. The fraction of sp³-hybridized carbons (Fsp3) is 0.381. The molecule has 0 aliphatic rings. The minimum Gasteiger partial charge on any atom is -0.493 e. The van der Waals surface area contributed by atoms with Crippen LogP contribution in [0.3, 0.4) is 0 Å². The lowest BCUT2D eigenvalue weighted by atomic mass is 10.0. The van der Waals surface area contributed by atoms with Gasteiger partial charge in [0.15, 0.2) is 11.5 Å². The lowest BCUT2D eigenvalue weighted by Crippen LogP contribution is -2.41. The van der Waals surface area contributed by atoms with Crippen molar-refractivity contribution in [1.82, 2.24) is 10.2 Å². The van der Waals surface area contributed by atoms with E-state index in [0.717, 1.165) is 6.42 Å². The van der Waals surface area contributed by atoms with Crippen molar-refractivity contribution in [3.63, 3.8) is 0 Å². The highest BCUT2D eigenvalue weighted by molar-refractivity contribution is 5.94. The predicted molar refractivity (Wildman–Crippen MR) is 104 cm³/mol. The van der Waals surface area contributed by atoms with E-state index in [-0.39, 0.29) is 11.9 Å². The van der Waals surface area contributed by atoms with E-state index in [9.17, 15) is 4.79 Å². The fourth-order valence-electron chi connectivity index (χ4n) is 2.72. The van der Waals surface area contributed by atoms with Crippen LogP contribution in [-0.4, -0.2) is 51.2 Å². The summed E-state index contributed by atoms with van der Waals surface area (Å²) < 4.78 is 10.8. The van der Waals surface area contributed by atoms with E-state index < -0.39 is 0 Å². The molecule has 0 radical (unpaired) electrons. The maximum Gasteiger partial charge on any atom is 0.251 e. The molecule has 2 aromatic rings. The molecule has 0 saturated carbocycles. The summed E-state index contributed by atoms with van der Waals surface area (Å²) in [5.74, 6) is 1.08. The average Bonchev–Trinajstić information content (AvgIpc) is 2.66. The van der Waals surface area contributed by atoms with E-state index >= 15 is 0 Å². The highest BCUT2D eigenvalue weighted by atomic mass is 16.5. The van der Waals surface area contributed by atoms with Crippen LogP contribution in [0.15, 0.2) is 48.5 Å². The summed E-state index contributed by atoms with van der Waals surface area (Å²) in [6, 6.07) is 15.7. The molecular weight excluding hydrogens is 328 g/mol. The molecule has 0 heterocycles. The van der Waals surface area contributed by atoms with Gasteiger partial charge in [-0.2, -0.15) is 0 Å². The molecular formula is C21H28N2O3. The lowest BCUT2D eigenvalue weighted by Gasteiger charge is -2.25. The first kappa shape index (κ1) is 19.8. The summed E-state index contributed by atoms with van der Waals surface area (Å²) in [5, 5.41) is 3.03. The number of benzene rings is 2. The second-order valence-corrected chi connectivity index (χ2v) is 6.32. The summed E-state index contributed by atoms with van der Waals surface area (Å²) in [5.41, 5.74) is 1.81. The van der Waals surface area contributed by atoms with Crippen molar-refractivity contribution in [3.05, 3.63) is 59.7 Å². The molecule has 2 rings (SSSR count). The van der Waals surface area contributed by atoms with E-state index in [1.165, 1.54) is 5.56 Å². The molecule has 0 aliphatic heterocycles. The number of rotatable bonds is 9. The summed E-state index contributed by atoms with van der Waals surface area (Å²) in [6.07, 6.45) is 0.876. The van der Waals surface area contributed by atoms with Gasteiger partial charge in [0, 0.05) is 18.2 Å². The summed E-state index contributed by atoms with van der Waals surface area (Å²) in [7, 11) is 5.63. The Morgan fingerprint density at radius 1 is 1.12 bits per heavy atom. The van der Waals surface area contributed by atoms with Crippen molar-refractivity contribution < 1.29 is 14.3 Å². The van der Waals surface area contributed by atoms with Crippen LogP contribution < -0.4 is 14.8 Å². The third-order valence-corrected chi connectivity index (χ3v) is 4.27. The van der Waals surface area contributed by atoms with E-state index in [4.69, 9.17) is 9.47 Å². The Morgan fingerprint density at radius 3 is 2.46 bits per heavy atom. The summed E-state index contributed by atoms with van der Waals surface area (Å²) >= 11 is 0. The zero-order valence-electron chi connectivity index (χ0n) is 16.0. The van der Waals surface area contributed by atoms with Gasteiger partial charge < -0.3 is 19.7 Å². The number of ether oxygens (including phenoxy) is 2. The van der Waals surface area contributed by atoms with Crippen LogP contribution in [0.1, 0.15) is 22.8 Å². The molecule has 1 N–H and O–H groups in total. The van der Waals surface area contributed by atoms with Crippen molar-refractivity contribution in [3.8, 4) is 11.5 Å². The second kappa shape index (κ2) is 9.82. The highest BCUT2D eigenvalue weighted by Crippen LogP contribution is 2.28. The number of hydrogen-bond donors (Lipinski definition) is 1. The molecule has 140 valence electrons. The first-order valence-electron chi connectivity index (χ1n) is 8.84. The third kappa shape index (κ3) is 5.49. The van der Waals surface area contributed by atoms with Crippen molar-refractivity contribution in [2.24, 2.45) is 0 Å². The Bertz CT molecular complexity index is 702. The van der Waals surface area contributed by atoms with E-state index in [1.54, 1.807) is 25.3 Å². The summed E-state index contributed by atoms with van der Waals surface area (Å²) in [6.45, 7) is 3.02. The normalized spacial score (nSPS) is 11.9. The van der Waals surface area contributed by atoms with Crippen LogP contribution >= 0.6 is 0 Å². The quantitative estimate of drug-likeness (QED) is 0.750. The van der Waals surface area contributed by atoms with Crippen LogP contribution in [0.5, 0.6) is 11.5 Å². The molecule has 0 bridgehead atoms. The van der Waals surface area contributed by atoms with Crippen molar-refractivity contribution in [1.29, 1.82) is 0 Å². The Labute approximate surface area is 155 Å². The number of amides is 1. The van der Waals surface area contributed by atoms with Crippen LogP contribution in [0.4, 0.5) is 0 Å². The van der Waals surface area contributed by atoms with Gasteiger partial charge in [0.25, 0.3) is 5.91 Å². The standard InChI is InChI=1S/C21H28N2O3/c1-5-26-19-12-11-17(14-20(19)25-4)21(24)22-15-18(23(2)3)13-16-9-7-6-8-10-16/h6-12,14,18H,5,13,15H2,1-4H3,(H,22,24). The fourth-order valence-corrected chi connectivity index (χ4v) is 2.72. The van der Waals surface area contributed by atoms with Gasteiger partial charge in [0.05, 0.1) is 13.7 Å². The molecule has 0 aromatic heterocycles. The Balaban J connectivity index is 2.01. The van der Waals surface area contributed by atoms with Gasteiger partial charge in [-0.25, -0.2) is 0 Å². The van der Waals surface area contributed by atoms with E-state index in [2.05, 4.69) is 22.3 Å². The van der Waals surface area contributed by atoms with Crippen molar-refractivity contribution in [2.45, 2.75) is 19.4 Å². The molecule has 0 fully saturated rings. The Morgan fingerprint density at radius 2 is 1.85 bits per heavy atom. The molecule has 1 amide bonds. The van der Waals surface area contributed by atoms with Crippen LogP contribution in [0, 0.1) is 0 Å². The molecule has 0 aliphatic carbocycles. The number of carbonyl (C=O) groups excluding carboxylic acids is 1. The highest BCUT2D eigenvalue weighted by Gasteiger charge is 2.16. The number of likely N-dealkylation sites (N-methyl/N-ethyl adjacent to an activating group) is 1. The van der Waals surface area contributed by atoms with Gasteiger partial charge in [-0.3, -0.25) is 4.79 Å². The van der Waals surface area contributed by atoms with Gasteiger partial charge >= 0.3 is 0 Å². The van der Waals surface area contributed by atoms with Crippen molar-refractivity contribution in [2.75, 3.05) is 34.4 Å². The van der Waals surface area contributed by atoms with Gasteiger partial charge in [-0.05, 0) is 51.2 Å². The molecule has 0 saturated heterocycles. The summed E-state index contributed by atoms with van der Waals surface area (Å²) in [4.78, 5) is 14.7. The van der Waals surface area contributed by atoms with Crippen LogP contribution in [-0.2, 0) is 6.42 Å². The smallest absolute Gasteiger partial charge is 0.251 e. The third-order valence-electron chi connectivity index (χ3n) is 4.27. The maximum atomic E-state index is 12.5. The lowest BCUT2D eigenvalue weighted by molar-refractivity contribution is 0.0941. The largest absolute Gasteiger partial charge is 0.493 e. The van der Waals surface area contributed by atoms with E-state index in [1.807, 2.05) is 39.2 Å². The molecule has 5 nitrogen and oxygen atoms in total. The number of carbonyl (C=O) groups is 1. The molecule has 5 heteroatoms. The minimum atomic E-state index is -0.119. The topological polar surface area (TPSA) is 50.8 Å². The monoisotopic (exact) mass is 356 g/mol. The molecule has 1 unspecified atom stereocenters. The Hall–Kier alpha value is -2.53. The number of hydrogen-bond acceptors (Lipinski definition) is 4. The van der Waals surface area contributed by atoms with Gasteiger partial charge in [-0.15, -0.1) is 0 Å². The number of methoxy groups -OCH3 is 1. The zero-order valence-corrected chi connectivity index (χ0v) is 16.0. The molecule has 0 spiro atoms. The van der Waals surface area contributed by atoms with Gasteiger partial charge in [0.1, 0.15) is 0 Å². The van der Waals surface area contributed by atoms with Crippen LogP contribution in [0.25, 0.3) is 0 Å². The van der Waals surface area contributed by atoms with Gasteiger partial charge in [0.2, 0.25) is 0 Å². The minimum absolute atomic E-state index is 0.119. The molecule has 26 heavy (non-hydrogen) atoms. The number of nitrogens with one attached hydrogen (secondary N) is 1. The SMILES string of the molecule is CCOc1ccc(C(=O)NCC(Cc2ccccc2)N(C)C)cc1OC. The molecule has 1 atom stereocenters. The average molecular weight is 356 g/mol. The first-order chi connectivity index (χ1) is 12.5. The van der Waals surface area contributed by atoms with Crippen molar-refractivity contribution >= 4 is 5.91 Å². The number of nitrogens with zero attached hydrogens (tertiary/aromatic N) is 1. The predicted octanol–water partition coefficient (Wildman–Crippen LogP) is 3.00. The maximum absolute atomic E-state index is 12.5. The van der Waals surface area contributed by atoms with Gasteiger partial charge in [-0.1, -0.05) is 30.3 Å². The second-order valence-electron chi connectivity index (χ2n) is 6.32. The zero-order chi connectivity index (χ0) is 18.9. The first-order valence-corrected chi connectivity index (χ1v) is 8.84.